The molecule has 5 nitrogen and oxygen atoms in total. The van der Waals surface area contributed by atoms with E-state index in [1.807, 2.05) is 14.0 Å². The summed E-state index contributed by atoms with van der Waals surface area (Å²) in [4.78, 5) is 14.0. The molecule has 0 radical (unpaired) electrons. The van der Waals surface area contributed by atoms with Gasteiger partial charge in [0.15, 0.2) is 0 Å². The van der Waals surface area contributed by atoms with Crippen LogP contribution in [0, 0.1) is 6.92 Å². The maximum absolute atomic E-state index is 5.10. The van der Waals surface area contributed by atoms with Crippen molar-refractivity contribution in [3.63, 3.8) is 0 Å². The second-order valence-corrected chi connectivity index (χ2v) is 4.96. The average Bonchev–Trinajstić information content (AvgIpc) is 2.80. The predicted molar refractivity (Wildman–Crippen MR) is 71.9 cm³/mol. The van der Waals surface area contributed by atoms with Crippen LogP contribution in [0.2, 0.25) is 0 Å². The Morgan fingerprint density at radius 3 is 2.83 bits per heavy atom. The molecule has 1 unspecified atom stereocenters. The summed E-state index contributed by atoms with van der Waals surface area (Å²) >= 11 is 1.65. The maximum Gasteiger partial charge on any atom is 0.216 e. The largest absolute Gasteiger partial charge is 0.481 e. The van der Waals surface area contributed by atoms with Gasteiger partial charge in [0.25, 0.3) is 0 Å². The Balaban J connectivity index is 2.39. The van der Waals surface area contributed by atoms with Crippen LogP contribution in [-0.2, 0) is 0 Å². The molecule has 2 aromatic heterocycles. The van der Waals surface area contributed by atoms with Gasteiger partial charge in [-0.15, -0.1) is 11.3 Å². The van der Waals surface area contributed by atoms with E-state index in [1.54, 1.807) is 24.5 Å². The molecule has 96 valence electrons. The van der Waals surface area contributed by atoms with Crippen molar-refractivity contribution in [3.05, 3.63) is 23.0 Å². The molecule has 0 aliphatic rings. The van der Waals surface area contributed by atoms with E-state index in [0.717, 1.165) is 16.4 Å². The summed E-state index contributed by atoms with van der Waals surface area (Å²) in [5.41, 5.74) is 1.83. The molecule has 0 fully saturated rings. The molecule has 0 spiro atoms. The minimum atomic E-state index is 0.292. The van der Waals surface area contributed by atoms with Crippen LogP contribution in [0.3, 0.4) is 0 Å². The third-order valence-corrected chi connectivity index (χ3v) is 4.09. The fourth-order valence-electron chi connectivity index (χ4n) is 1.62. The van der Waals surface area contributed by atoms with Gasteiger partial charge in [0.05, 0.1) is 12.8 Å². The third kappa shape index (κ3) is 2.49. The normalized spacial score (nSPS) is 12.4. The third-order valence-electron chi connectivity index (χ3n) is 2.73. The first-order valence-corrected chi connectivity index (χ1v) is 6.48. The number of rotatable bonds is 4. The summed E-state index contributed by atoms with van der Waals surface area (Å²) < 4.78 is 5.10. The maximum atomic E-state index is 5.10. The van der Waals surface area contributed by atoms with Crippen LogP contribution in [0.1, 0.15) is 23.5 Å². The number of aromatic nitrogens is 3. The van der Waals surface area contributed by atoms with E-state index in [2.05, 4.69) is 27.2 Å². The van der Waals surface area contributed by atoms with Crippen LogP contribution >= 0.6 is 11.3 Å². The summed E-state index contributed by atoms with van der Waals surface area (Å²) in [6.45, 7) is 4.13. The number of hydrogen-bond donors (Lipinski definition) is 1. The molecule has 1 atom stereocenters. The van der Waals surface area contributed by atoms with Crippen molar-refractivity contribution < 1.29 is 4.74 Å². The summed E-state index contributed by atoms with van der Waals surface area (Å²) in [7, 11) is 3.53. The fraction of sp³-hybridized carbons (Fsp3) is 0.417. The first kappa shape index (κ1) is 12.9. The second kappa shape index (κ2) is 5.41. The molecule has 1 N–H and O–H groups in total. The number of aryl methyl sites for hydroxylation is 1. The molecule has 2 rings (SSSR count). The van der Waals surface area contributed by atoms with E-state index in [0.29, 0.717) is 11.9 Å². The lowest BCUT2D eigenvalue weighted by molar-refractivity contribution is 0.397. The Hall–Kier alpha value is -1.53. The Bertz CT molecular complexity index is 541. The Morgan fingerprint density at radius 1 is 1.39 bits per heavy atom. The number of hydrogen-bond acceptors (Lipinski definition) is 6. The molecule has 0 aliphatic carbocycles. The molecule has 0 aromatic carbocycles. The van der Waals surface area contributed by atoms with E-state index >= 15 is 0 Å². The van der Waals surface area contributed by atoms with Crippen LogP contribution in [0.5, 0.6) is 5.88 Å². The minimum absolute atomic E-state index is 0.292. The first-order valence-electron chi connectivity index (χ1n) is 5.66. The van der Waals surface area contributed by atoms with Gasteiger partial charge in [-0.25, -0.2) is 15.0 Å². The fourth-order valence-corrected chi connectivity index (χ4v) is 2.71. The van der Waals surface area contributed by atoms with E-state index in [-0.39, 0.29) is 0 Å². The van der Waals surface area contributed by atoms with Crippen LogP contribution in [0.25, 0.3) is 10.7 Å². The molecule has 0 saturated carbocycles. The quantitative estimate of drug-likeness (QED) is 0.917. The van der Waals surface area contributed by atoms with Crippen molar-refractivity contribution in [1.82, 2.24) is 20.3 Å². The highest BCUT2D eigenvalue weighted by molar-refractivity contribution is 7.15. The van der Waals surface area contributed by atoms with Crippen LogP contribution in [-0.4, -0.2) is 29.1 Å². The van der Waals surface area contributed by atoms with E-state index in [9.17, 15) is 0 Å². The van der Waals surface area contributed by atoms with Gasteiger partial charge in [0.1, 0.15) is 17.0 Å². The van der Waals surface area contributed by atoms with E-state index in [1.165, 1.54) is 11.2 Å². The SMILES string of the molecule is CNC(C)c1sc(-c2cc(OC)ncn2)nc1C. The van der Waals surface area contributed by atoms with Crippen LogP contribution in [0.15, 0.2) is 12.4 Å². The number of methoxy groups -OCH3 is 1. The highest BCUT2D eigenvalue weighted by Gasteiger charge is 2.15. The predicted octanol–water partition coefficient (Wildman–Crippen LogP) is 2.20. The van der Waals surface area contributed by atoms with Crippen molar-refractivity contribution >= 4 is 11.3 Å². The smallest absolute Gasteiger partial charge is 0.216 e. The van der Waals surface area contributed by atoms with Gasteiger partial charge in [-0.2, -0.15) is 0 Å². The molecule has 0 bridgehead atoms. The summed E-state index contributed by atoms with van der Waals surface area (Å²) in [6.07, 6.45) is 1.49. The number of thiazole rings is 1. The molecule has 0 amide bonds. The molecule has 18 heavy (non-hydrogen) atoms. The number of nitrogens with one attached hydrogen (secondary N) is 1. The average molecular weight is 264 g/mol. The number of ether oxygens (including phenoxy) is 1. The van der Waals surface area contributed by atoms with Crippen LogP contribution in [0.4, 0.5) is 0 Å². The molecule has 2 heterocycles. The van der Waals surface area contributed by atoms with Gasteiger partial charge in [-0.05, 0) is 20.9 Å². The highest BCUT2D eigenvalue weighted by Crippen LogP contribution is 2.31. The molecule has 6 heteroatoms. The Kier molecular flexibility index (Phi) is 3.88. The molecule has 0 aliphatic heterocycles. The lowest BCUT2D eigenvalue weighted by Gasteiger charge is -2.06. The monoisotopic (exact) mass is 264 g/mol. The standard InChI is InChI=1S/C12H16N4OS/c1-7(13-3)11-8(2)16-12(18-11)9-5-10(17-4)15-6-14-9/h5-7,13H,1-4H3. The Labute approximate surface area is 110 Å². The lowest BCUT2D eigenvalue weighted by Crippen LogP contribution is -2.11. The van der Waals surface area contributed by atoms with Crippen LogP contribution < -0.4 is 10.1 Å². The number of nitrogens with zero attached hydrogens (tertiary/aromatic N) is 3. The summed E-state index contributed by atoms with van der Waals surface area (Å²) in [5.74, 6) is 0.552. The summed E-state index contributed by atoms with van der Waals surface area (Å²) in [6, 6.07) is 2.09. The first-order chi connectivity index (χ1) is 8.65. The lowest BCUT2D eigenvalue weighted by atomic mass is 10.2. The topological polar surface area (TPSA) is 59.9 Å². The van der Waals surface area contributed by atoms with Gasteiger partial charge in [0.2, 0.25) is 5.88 Å². The van der Waals surface area contributed by atoms with Crippen molar-refractivity contribution in [1.29, 1.82) is 0 Å². The van der Waals surface area contributed by atoms with Gasteiger partial charge in [-0.1, -0.05) is 0 Å². The van der Waals surface area contributed by atoms with Crippen molar-refractivity contribution in [2.45, 2.75) is 19.9 Å². The van der Waals surface area contributed by atoms with Gasteiger partial charge in [-0.3, -0.25) is 0 Å². The Morgan fingerprint density at radius 2 is 2.17 bits per heavy atom. The van der Waals surface area contributed by atoms with Crippen molar-refractivity contribution in [2.24, 2.45) is 0 Å². The zero-order valence-electron chi connectivity index (χ0n) is 10.9. The molecular weight excluding hydrogens is 248 g/mol. The van der Waals surface area contributed by atoms with Crippen molar-refractivity contribution in [3.8, 4) is 16.6 Å². The molecular formula is C12H16N4OS. The second-order valence-electron chi connectivity index (χ2n) is 3.92. The molecule has 0 saturated heterocycles. The minimum Gasteiger partial charge on any atom is -0.481 e. The summed E-state index contributed by atoms with van der Waals surface area (Å²) in [5, 5.41) is 4.12. The molecule has 2 aromatic rings. The van der Waals surface area contributed by atoms with E-state index < -0.39 is 0 Å². The van der Waals surface area contributed by atoms with Gasteiger partial charge in [0, 0.05) is 17.0 Å². The zero-order chi connectivity index (χ0) is 13.1. The van der Waals surface area contributed by atoms with Crippen molar-refractivity contribution in [2.75, 3.05) is 14.2 Å². The van der Waals surface area contributed by atoms with E-state index in [4.69, 9.17) is 4.74 Å². The zero-order valence-corrected chi connectivity index (χ0v) is 11.7. The highest BCUT2D eigenvalue weighted by atomic mass is 32.1. The van der Waals surface area contributed by atoms with Gasteiger partial charge >= 0.3 is 0 Å². The van der Waals surface area contributed by atoms with Gasteiger partial charge < -0.3 is 10.1 Å².